The summed E-state index contributed by atoms with van der Waals surface area (Å²) in [6.45, 7) is 7.28. The minimum absolute atomic E-state index is 1.00. The van der Waals surface area contributed by atoms with E-state index >= 15 is 0 Å². The van der Waals surface area contributed by atoms with Crippen LogP contribution < -0.4 is 0 Å². The summed E-state index contributed by atoms with van der Waals surface area (Å²) in [4.78, 5) is 0. The zero-order chi connectivity index (χ0) is 8.36. The SMILES string of the molecule is C=CCS/C=C/CSCC=C. The molecule has 11 heavy (non-hydrogen) atoms. The van der Waals surface area contributed by atoms with Gasteiger partial charge in [0.05, 0.1) is 0 Å². The highest BCUT2D eigenvalue weighted by molar-refractivity contribution is 8.02. The van der Waals surface area contributed by atoms with Gasteiger partial charge in [0.25, 0.3) is 0 Å². The van der Waals surface area contributed by atoms with Gasteiger partial charge in [-0.3, -0.25) is 0 Å². The van der Waals surface area contributed by atoms with Crippen LogP contribution in [-0.2, 0) is 0 Å². The predicted molar refractivity (Wildman–Crippen MR) is 59.3 cm³/mol. The van der Waals surface area contributed by atoms with E-state index in [0.717, 1.165) is 17.3 Å². The predicted octanol–water partition coefficient (Wildman–Crippen LogP) is 3.34. The van der Waals surface area contributed by atoms with E-state index in [1.165, 1.54) is 0 Å². The molecule has 62 valence electrons. The lowest BCUT2D eigenvalue weighted by molar-refractivity contribution is 1.73. The third-order valence-corrected chi connectivity index (χ3v) is 2.57. The molecule has 0 atom stereocenters. The van der Waals surface area contributed by atoms with Crippen molar-refractivity contribution in [3.05, 3.63) is 36.8 Å². The summed E-state index contributed by atoms with van der Waals surface area (Å²) in [7, 11) is 0. The second-order valence-electron chi connectivity index (χ2n) is 1.82. The average Bonchev–Trinajstić information content (AvgIpc) is 2.03. The Morgan fingerprint density at radius 2 is 1.73 bits per heavy atom. The van der Waals surface area contributed by atoms with Crippen LogP contribution >= 0.6 is 23.5 Å². The Hall–Kier alpha value is -0.0800. The molecule has 0 N–H and O–H groups in total. The molecular formula is C9H14S2. The summed E-state index contributed by atoms with van der Waals surface area (Å²) < 4.78 is 0. The standard InChI is InChI=1S/C9H14S2/c1-3-6-10-8-5-9-11-7-4-2/h3-5,8H,1-2,6-7,9H2/b8-5+. The van der Waals surface area contributed by atoms with Crippen molar-refractivity contribution in [2.45, 2.75) is 0 Å². The first-order chi connectivity index (χ1) is 5.41. The minimum atomic E-state index is 1.00. The molecule has 0 rings (SSSR count). The fraction of sp³-hybridized carbons (Fsp3) is 0.333. The molecule has 0 aromatic carbocycles. The topological polar surface area (TPSA) is 0 Å². The second-order valence-corrected chi connectivity index (χ2v) is 3.83. The lowest BCUT2D eigenvalue weighted by atomic mass is 10.7. The lowest BCUT2D eigenvalue weighted by Gasteiger charge is -1.89. The van der Waals surface area contributed by atoms with E-state index < -0.39 is 0 Å². The van der Waals surface area contributed by atoms with Crippen molar-refractivity contribution >= 4 is 23.5 Å². The van der Waals surface area contributed by atoms with Crippen molar-refractivity contribution in [3.8, 4) is 0 Å². The van der Waals surface area contributed by atoms with Gasteiger partial charge in [-0.05, 0) is 5.41 Å². The maximum atomic E-state index is 3.64. The molecule has 0 heterocycles. The van der Waals surface area contributed by atoms with Crippen LogP contribution in [0.5, 0.6) is 0 Å². The molecule has 0 unspecified atom stereocenters. The normalized spacial score (nSPS) is 10.2. The van der Waals surface area contributed by atoms with Gasteiger partial charge in [-0.1, -0.05) is 18.2 Å². The van der Waals surface area contributed by atoms with Gasteiger partial charge in [0, 0.05) is 17.3 Å². The number of rotatable bonds is 7. The van der Waals surface area contributed by atoms with Gasteiger partial charge in [-0.25, -0.2) is 0 Å². The Labute approximate surface area is 77.8 Å². The Morgan fingerprint density at radius 1 is 1.00 bits per heavy atom. The summed E-state index contributed by atoms with van der Waals surface area (Å²) in [5.74, 6) is 3.12. The maximum Gasteiger partial charge on any atom is 0.0152 e. The zero-order valence-corrected chi connectivity index (χ0v) is 8.29. The maximum absolute atomic E-state index is 3.64. The highest BCUT2D eigenvalue weighted by Crippen LogP contribution is 2.05. The molecule has 0 aliphatic heterocycles. The molecule has 0 radical (unpaired) electrons. The van der Waals surface area contributed by atoms with Gasteiger partial charge < -0.3 is 0 Å². The van der Waals surface area contributed by atoms with Crippen LogP contribution in [0.1, 0.15) is 0 Å². The molecule has 0 amide bonds. The highest BCUT2D eigenvalue weighted by atomic mass is 32.2. The second kappa shape index (κ2) is 9.92. The van der Waals surface area contributed by atoms with Crippen molar-refractivity contribution in [1.29, 1.82) is 0 Å². The number of hydrogen-bond donors (Lipinski definition) is 0. The van der Waals surface area contributed by atoms with Crippen molar-refractivity contribution < 1.29 is 0 Å². The third kappa shape index (κ3) is 9.92. The molecular weight excluding hydrogens is 172 g/mol. The molecule has 0 aliphatic rings. The van der Waals surface area contributed by atoms with E-state index in [-0.39, 0.29) is 0 Å². The van der Waals surface area contributed by atoms with Gasteiger partial charge in [-0.15, -0.1) is 24.9 Å². The van der Waals surface area contributed by atoms with Crippen LogP contribution in [0.3, 0.4) is 0 Å². The first-order valence-corrected chi connectivity index (χ1v) is 5.68. The Bertz CT molecular complexity index is 128. The van der Waals surface area contributed by atoms with Crippen molar-refractivity contribution in [2.75, 3.05) is 17.3 Å². The molecule has 0 aliphatic carbocycles. The molecule has 0 bridgehead atoms. The molecule has 2 heteroatoms. The molecule has 0 saturated heterocycles. The van der Waals surface area contributed by atoms with E-state index in [2.05, 4.69) is 24.6 Å². The minimum Gasteiger partial charge on any atom is -0.154 e. The van der Waals surface area contributed by atoms with Crippen LogP contribution in [0.2, 0.25) is 0 Å². The van der Waals surface area contributed by atoms with Gasteiger partial charge in [-0.2, -0.15) is 11.8 Å². The largest absolute Gasteiger partial charge is 0.154 e. The fourth-order valence-corrected chi connectivity index (χ4v) is 1.59. The van der Waals surface area contributed by atoms with Crippen molar-refractivity contribution in [2.24, 2.45) is 0 Å². The molecule has 0 aromatic rings. The van der Waals surface area contributed by atoms with Gasteiger partial charge in [0.2, 0.25) is 0 Å². The highest BCUT2D eigenvalue weighted by Gasteiger charge is 1.78. The zero-order valence-electron chi connectivity index (χ0n) is 6.66. The molecule has 0 saturated carbocycles. The van der Waals surface area contributed by atoms with Gasteiger partial charge in [0.1, 0.15) is 0 Å². The van der Waals surface area contributed by atoms with Gasteiger partial charge in [0.15, 0.2) is 0 Å². The summed E-state index contributed by atoms with van der Waals surface area (Å²) in [5.41, 5.74) is 0. The van der Waals surface area contributed by atoms with E-state index in [0.29, 0.717) is 0 Å². The van der Waals surface area contributed by atoms with Crippen molar-refractivity contribution in [1.82, 2.24) is 0 Å². The first kappa shape index (κ1) is 10.9. The van der Waals surface area contributed by atoms with Gasteiger partial charge >= 0.3 is 0 Å². The summed E-state index contributed by atoms with van der Waals surface area (Å²) >= 11 is 3.64. The summed E-state index contributed by atoms with van der Waals surface area (Å²) in [5, 5.41) is 2.12. The lowest BCUT2D eigenvalue weighted by Crippen LogP contribution is -1.72. The Balaban J connectivity index is 3.02. The first-order valence-electron chi connectivity index (χ1n) is 3.48. The van der Waals surface area contributed by atoms with E-state index in [1.807, 2.05) is 23.9 Å². The summed E-state index contributed by atoms with van der Waals surface area (Å²) in [6.07, 6.45) is 6.00. The molecule has 0 fully saturated rings. The van der Waals surface area contributed by atoms with Crippen LogP contribution in [0.15, 0.2) is 36.8 Å². The van der Waals surface area contributed by atoms with Crippen LogP contribution in [0, 0.1) is 0 Å². The Morgan fingerprint density at radius 3 is 2.36 bits per heavy atom. The fourth-order valence-electron chi connectivity index (χ4n) is 0.450. The van der Waals surface area contributed by atoms with Crippen LogP contribution in [0.25, 0.3) is 0 Å². The quantitative estimate of drug-likeness (QED) is 0.442. The number of hydrogen-bond acceptors (Lipinski definition) is 2. The van der Waals surface area contributed by atoms with Crippen molar-refractivity contribution in [3.63, 3.8) is 0 Å². The third-order valence-electron chi connectivity index (χ3n) is 0.856. The number of thioether (sulfide) groups is 2. The molecule has 0 nitrogen and oxygen atoms in total. The molecule has 0 spiro atoms. The van der Waals surface area contributed by atoms with E-state index in [9.17, 15) is 0 Å². The van der Waals surface area contributed by atoms with E-state index in [1.54, 1.807) is 11.8 Å². The average molecular weight is 186 g/mol. The molecule has 0 aromatic heterocycles. The smallest absolute Gasteiger partial charge is 0.0152 e. The summed E-state index contributed by atoms with van der Waals surface area (Å²) in [6, 6.07) is 0. The Kier molecular flexibility index (Phi) is 9.85. The van der Waals surface area contributed by atoms with E-state index in [4.69, 9.17) is 0 Å². The van der Waals surface area contributed by atoms with Crippen LogP contribution in [-0.4, -0.2) is 17.3 Å². The van der Waals surface area contributed by atoms with Crippen LogP contribution in [0.4, 0.5) is 0 Å². The monoisotopic (exact) mass is 186 g/mol.